The maximum absolute atomic E-state index is 12.5. The lowest BCUT2D eigenvalue weighted by Crippen LogP contribution is -2.28. The summed E-state index contributed by atoms with van der Waals surface area (Å²) in [6.07, 6.45) is 2.41. The molecule has 0 atom stereocenters. The van der Waals surface area contributed by atoms with E-state index >= 15 is 0 Å². The van der Waals surface area contributed by atoms with E-state index in [2.05, 4.69) is 10.6 Å². The highest BCUT2D eigenvalue weighted by Gasteiger charge is 2.18. The minimum atomic E-state index is -0.505. The molecule has 0 fully saturated rings. The highest BCUT2D eigenvalue weighted by atomic mass is 32.2. The Morgan fingerprint density at radius 1 is 1.14 bits per heavy atom. The summed E-state index contributed by atoms with van der Waals surface area (Å²) in [6.45, 7) is 2.43. The summed E-state index contributed by atoms with van der Waals surface area (Å²) >= 11 is 1.22. The number of hydrogen-bond acceptors (Lipinski definition) is 6. The van der Waals surface area contributed by atoms with E-state index in [1.807, 2.05) is 37.3 Å². The quantitative estimate of drug-likeness (QED) is 0.393. The Morgan fingerprint density at radius 3 is 2.45 bits per heavy atom. The Kier molecular flexibility index (Phi) is 8.31. The summed E-state index contributed by atoms with van der Waals surface area (Å²) in [5.74, 6) is -0.971. The normalized spacial score (nSPS) is 11.1. The van der Waals surface area contributed by atoms with Gasteiger partial charge in [-0.3, -0.25) is 4.79 Å². The molecule has 7 heteroatoms. The second-order valence-corrected chi connectivity index (χ2v) is 6.99. The molecule has 6 nitrogen and oxygen atoms in total. The molecule has 2 aromatic rings. The van der Waals surface area contributed by atoms with Crippen molar-refractivity contribution < 1.29 is 14.3 Å². The van der Waals surface area contributed by atoms with Gasteiger partial charge in [0.2, 0.25) is 0 Å². The van der Waals surface area contributed by atoms with Gasteiger partial charge in [-0.2, -0.15) is 5.26 Å². The highest BCUT2D eigenvalue weighted by Crippen LogP contribution is 2.24. The van der Waals surface area contributed by atoms with Crippen LogP contribution in [0.2, 0.25) is 0 Å². The summed E-state index contributed by atoms with van der Waals surface area (Å²) in [5.41, 5.74) is 3.02. The molecule has 2 rings (SSSR count). The Hall–Kier alpha value is -3.24. The van der Waals surface area contributed by atoms with Gasteiger partial charge in [0.05, 0.1) is 23.4 Å². The van der Waals surface area contributed by atoms with Crippen molar-refractivity contribution in [3.63, 3.8) is 0 Å². The molecule has 0 heterocycles. The fourth-order valence-corrected chi connectivity index (χ4v) is 3.14. The van der Waals surface area contributed by atoms with Crippen molar-refractivity contribution in [2.45, 2.75) is 13.3 Å². The number of hydrogen-bond donors (Lipinski definition) is 2. The van der Waals surface area contributed by atoms with Crippen molar-refractivity contribution >= 4 is 29.3 Å². The van der Waals surface area contributed by atoms with Crippen LogP contribution in [0.15, 0.2) is 59.1 Å². The van der Waals surface area contributed by atoms with Gasteiger partial charge in [-0.05, 0) is 37.3 Å². The second kappa shape index (κ2) is 10.9. The van der Waals surface area contributed by atoms with Crippen molar-refractivity contribution in [2.24, 2.45) is 0 Å². The minimum Gasteiger partial charge on any atom is -0.465 e. The van der Waals surface area contributed by atoms with E-state index in [0.717, 1.165) is 5.56 Å². The first kappa shape index (κ1) is 22.1. The first-order valence-electron chi connectivity index (χ1n) is 8.96. The molecule has 2 aromatic carbocycles. The number of ether oxygens (including phenoxy) is 1. The summed E-state index contributed by atoms with van der Waals surface area (Å²) in [4.78, 5) is 24.5. The molecule has 0 bridgehead atoms. The number of carbonyl (C=O) groups is 2. The van der Waals surface area contributed by atoms with Crippen molar-refractivity contribution in [3.05, 3.63) is 75.8 Å². The van der Waals surface area contributed by atoms with Crippen LogP contribution in [0, 0.1) is 18.3 Å². The average molecular weight is 410 g/mol. The van der Waals surface area contributed by atoms with Gasteiger partial charge >= 0.3 is 5.97 Å². The highest BCUT2D eigenvalue weighted by molar-refractivity contribution is 8.02. The molecule has 0 radical (unpaired) electrons. The third-order valence-electron chi connectivity index (χ3n) is 4.17. The van der Waals surface area contributed by atoms with Crippen LogP contribution in [0.1, 0.15) is 21.5 Å². The number of amides is 1. The molecule has 150 valence electrons. The predicted molar refractivity (Wildman–Crippen MR) is 115 cm³/mol. The molecule has 0 saturated carbocycles. The zero-order valence-corrected chi connectivity index (χ0v) is 17.4. The zero-order valence-electron chi connectivity index (χ0n) is 16.6. The van der Waals surface area contributed by atoms with Crippen molar-refractivity contribution in [3.8, 4) is 6.07 Å². The largest absolute Gasteiger partial charge is 0.465 e. The lowest BCUT2D eigenvalue weighted by molar-refractivity contribution is -0.117. The molecule has 0 unspecified atom stereocenters. The number of nitrogens with zero attached hydrogens (tertiary/aromatic N) is 1. The zero-order chi connectivity index (χ0) is 21.2. The third-order valence-corrected chi connectivity index (χ3v) is 4.88. The van der Waals surface area contributed by atoms with Gasteiger partial charge in [-0.25, -0.2) is 4.79 Å². The van der Waals surface area contributed by atoms with Crippen LogP contribution in [-0.4, -0.2) is 31.8 Å². The Bertz CT molecular complexity index is 947. The minimum absolute atomic E-state index is 0.0407. The van der Waals surface area contributed by atoms with Crippen LogP contribution < -0.4 is 10.6 Å². The summed E-state index contributed by atoms with van der Waals surface area (Å²) in [6, 6.07) is 16.8. The first-order chi connectivity index (χ1) is 14.0. The lowest BCUT2D eigenvalue weighted by atomic mass is 10.1. The topological polar surface area (TPSA) is 91.2 Å². The van der Waals surface area contributed by atoms with Gasteiger partial charge in [0.25, 0.3) is 5.91 Å². The number of esters is 1. The van der Waals surface area contributed by atoms with Gasteiger partial charge in [0.15, 0.2) is 0 Å². The van der Waals surface area contributed by atoms with Crippen LogP contribution >= 0.6 is 11.8 Å². The van der Waals surface area contributed by atoms with E-state index in [4.69, 9.17) is 4.74 Å². The molecule has 2 N–H and O–H groups in total. The molecule has 0 aliphatic heterocycles. The van der Waals surface area contributed by atoms with Gasteiger partial charge in [0.1, 0.15) is 11.6 Å². The van der Waals surface area contributed by atoms with Crippen LogP contribution in [0.4, 0.5) is 5.69 Å². The van der Waals surface area contributed by atoms with Crippen LogP contribution in [-0.2, 0) is 16.0 Å². The standard InChI is InChI=1S/C22H23N3O3S/c1-15-8-10-16(11-9-15)12-13-24-20(26)18(14-23)21(29-3)25-19-7-5-4-6-17(19)22(27)28-2/h4-11,25H,12-13H2,1-3H3,(H,24,26)/b21-18+. The van der Waals surface area contributed by atoms with E-state index in [0.29, 0.717) is 29.2 Å². The summed E-state index contributed by atoms with van der Waals surface area (Å²) in [5, 5.41) is 15.7. The fraction of sp³-hybridized carbons (Fsp3) is 0.227. The van der Waals surface area contributed by atoms with Gasteiger partial charge in [-0.1, -0.05) is 42.0 Å². The molecule has 0 aliphatic rings. The fourth-order valence-electron chi connectivity index (χ4n) is 2.59. The molecule has 0 saturated heterocycles. The van der Waals surface area contributed by atoms with E-state index in [1.165, 1.54) is 24.4 Å². The van der Waals surface area contributed by atoms with E-state index in [-0.39, 0.29) is 5.57 Å². The predicted octanol–water partition coefficient (Wildman–Crippen LogP) is 3.65. The number of carbonyl (C=O) groups excluding carboxylic acids is 2. The Labute approximate surface area is 175 Å². The number of methoxy groups -OCH3 is 1. The second-order valence-electron chi connectivity index (χ2n) is 6.17. The van der Waals surface area contributed by atoms with Gasteiger partial charge < -0.3 is 15.4 Å². The molecular weight excluding hydrogens is 386 g/mol. The Balaban J connectivity index is 2.13. The van der Waals surface area contributed by atoms with Gasteiger partial charge in [-0.15, -0.1) is 11.8 Å². The lowest BCUT2D eigenvalue weighted by Gasteiger charge is -2.14. The monoisotopic (exact) mass is 409 g/mol. The van der Waals surface area contributed by atoms with Crippen molar-refractivity contribution in [1.29, 1.82) is 5.26 Å². The summed E-state index contributed by atoms with van der Waals surface area (Å²) in [7, 11) is 1.30. The SMILES string of the molecule is COC(=O)c1ccccc1N/C(SC)=C(/C#N)C(=O)NCCc1ccc(C)cc1. The van der Waals surface area contributed by atoms with Crippen molar-refractivity contribution in [2.75, 3.05) is 25.2 Å². The molecule has 0 aromatic heterocycles. The number of para-hydroxylation sites is 1. The average Bonchev–Trinajstić information content (AvgIpc) is 2.74. The summed E-state index contributed by atoms with van der Waals surface area (Å²) < 4.78 is 4.78. The molecule has 0 spiro atoms. The van der Waals surface area contributed by atoms with Crippen LogP contribution in [0.3, 0.4) is 0 Å². The molecular formula is C22H23N3O3S. The molecule has 0 aliphatic carbocycles. The van der Waals surface area contributed by atoms with Crippen molar-refractivity contribution in [1.82, 2.24) is 5.32 Å². The number of anilines is 1. The number of aryl methyl sites for hydroxylation is 1. The Morgan fingerprint density at radius 2 is 1.83 bits per heavy atom. The molecule has 1 amide bonds. The maximum atomic E-state index is 12.5. The number of nitriles is 1. The van der Waals surface area contributed by atoms with E-state index in [9.17, 15) is 14.9 Å². The maximum Gasteiger partial charge on any atom is 0.339 e. The third kappa shape index (κ3) is 6.13. The van der Waals surface area contributed by atoms with E-state index in [1.54, 1.807) is 30.5 Å². The molecule has 29 heavy (non-hydrogen) atoms. The number of nitrogens with one attached hydrogen (secondary N) is 2. The first-order valence-corrected chi connectivity index (χ1v) is 10.2. The number of thioether (sulfide) groups is 1. The smallest absolute Gasteiger partial charge is 0.339 e. The number of benzene rings is 2. The number of rotatable bonds is 8. The van der Waals surface area contributed by atoms with E-state index < -0.39 is 11.9 Å². The van der Waals surface area contributed by atoms with Gasteiger partial charge in [0, 0.05) is 6.54 Å². The van der Waals surface area contributed by atoms with Crippen LogP contribution in [0.25, 0.3) is 0 Å². The van der Waals surface area contributed by atoms with Crippen LogP contribution in [0.5, 0.6) is 0 Å².